The highest BCUT2D eigenvalue weighted by atomic mass is 32.1. The number of thiocarbonyl (C=S) groups is 1. The normalized spacial score (nSPS) is 10.5. The fraction of sp³-hybridized carbons (Fsp3) is 0.0714. The van der Waals surface area contributed by atoms with Gasteiger partial charge < -0.3 is 15.8 Å². The number of ether oxygens (including phenoxy) is 1. The minimum Gasteiger partial charge on any atom is -0.433 e. The smallest absolute Gasteiger partial charge is 0.387 e. The van der Waals surface area contributed by atoms with Crippen LogP contribution in [0.2, 0.25) is 0 Å². The van der Waals surface area contributed by atoms with Gasteiger partial charge in [-0.15, -0.1) is 0 Å². The van der Waals surface area contributed by atoms with E-state index < -0.39 is 12.4 Å². The number of hydrogen-bond donors (Lipinski definition) is 2. The lowest BCUT2D eigenvalue weighted by atomic mass is 10.2. The van der Waals surface area contributed by atoms with E-state index in [0.717, 1.165) is 0 Å². The maximum Gasteiger partial charge on any atom is 0.387 e. The number of alkyl halides is 2. The first-order valence-corrected chi connectivity index (χ1v) is 6.28. The van der Waals surface area contributed by atoms with Crippen LogP contribution >= 0.6 is 12.2 Å². The van der Waals surface area contributed by atoms with Gasteiger partial charge in [0, 0.05) is 11.3 Å². The van der Waals surface area contributed by atoms with E-state index in [1.165, 1.54) is 30.3 Å². The van der Waals surface area contributed by atoms with E-state index in [1.54, 1.807) is 12.1 Å². The van der Waals surface area contributed by atoms with E-state index in [2.05, 4.69) is 10.1 Å². The summed E-state index contributed by atoms with van der Waals surface area (Å²) in [6.45, 7) is -2.94. The maximum atomic E-state index is 13.8. The van der Waals surface area contributed by atoms with E-state index in [9.17, 15) is 13.2 Å². The molecule has 0 amide bonds. The van der Waals surface area contributed by atoms with E-state index >= 15 is 0 Å². The number of rotatable bonds is 5. The van der Waals surface area contributed by atoms with Gasteiger partial charge >= 0.3 is 6.61 Å². The van der Waals surface area contributed by atoms with Crippen LogP contribution in [0.1, 0.15) is 5.56 Å². The molecule has 0 spiro atoms. The van der Waals surface area contributed by atoms with Crippen molar-refractivity contribution in [2.75, 3.05) is 5.32 Å². The Balaban J connectivity index is 2.26. The Kier molecular flexibility index (Phi) is 4.64. The summed E-state index contributed by atoms with van der Waals surface area (Å²) in [6.07, 6.45) is 0. The van der Waals surface area contributed by atoms with Crippen LogP contribution < -0.4 is 15.8 Å². The molecule has 0 aliphatic heterocycles. The first kappa shape index (κ1) is 15.1. The zero-order chi connectivity index (χ0) is 15.4. The second-order valence-corrected chi connectivity index (χ2v) is 4.50. The fourth-order valence-electron chi connectivity index (χ4n) is 1.72. The van der Waals surface area contributed by atoms with Gasteiger partial charge in [-0.05, 0) is 30.3 Å². The summed E-state index contributed by atoms with van der Waals surface area (Å²) >= 11 is 4.70. The zero-order valence-corrected chi connectivity index (χ0v) is 11.5. The Bertz CT molecular complexity index is 664. The molecule has 7 heteroatoms. The molecule has 2 aromatic rings. The van der Waals surface area contributed by atoms with Crippen LogP contribution in [0.25, 0.3) is 0 Å². The first-order chi connectivity index (χ1) is 9.97. The van der Waals surface area contributed by atoms with Gasteiger partial charge in [0.2, 0.25) is 0 Å². The van der Waals surface area contributed by atoms with Gasteiger partial charge in [-0.25, -0.2) is 4.39 Å². The van der Waals surface area contributed by atoms with Crippen molar-refractivity contribution in [1.82, 2.24) is 0 Å². The molecule has 0 aliphatic rings. The number of halogens is 3. The molecule has 3 N–H and O–H groups in total. The third kappa shape index (κ3) is 3.85. The lowest BCUT2D eigenvalue weighted by molar-refractivity contribution is -0.0493. The maximum absolute atomic E-state index is 13.8. The molecule has 0 bridgehead atoms. The number of para-hydroxylation sites is 2. The fourth-order valence-corrected chi connectivity index (χ4v) is 1.88. The summed E-state index contributed by atoms with van der Waals surface area (Å²) in [5.41, 5.74) is 6.13. The van der Waals surface area contributed by atoms with Crippen molar-refractivity contribution in [1.29, 1.82) is 0 Å². The van der Waals surface area contributed by atoms with Crippen molar-refractivity contribution in [3.8, 4) is 5.75 Å². The third-order valence-corrected chi connectivity index (χ3v) is 2.84. The second kappa shape index (κ2) is 6.45. The van der Waals surface area contributed by atoms with Crippen molar-refractivity contribution in [3.05, 3.63) is 53.8 Å². The Morgan fingerprint density at radius 1 is 1.19 bits per heavy atom. The summed E-state index contributed by atoms with van der Waals surface area (Å²) in [7, 11) is 0. The summed E-state index contributed by atoms with van der Waals surface area (Å²) in [4.78, 5) is -0.0551. The van der Waals surface area contributed by atoms with Gasteiger partial charge in [-0.1, -0.05) is 24.4 Å². The summed E-state index contributed by atoms with van der Waals surface area (Å²) < 4.78 is 42.7. The number of nitrogens with two attached hydrogens (primary N) is 1. The predicted octanol–water partition coefficient (Wildman–Crippen LogP) is 3.80. The Morgan fingerprint density at radius 2 is 1.90 bits per heavy atom. The monoisotopic (exact) mass is 312 g/mol. The molecule has 3 nitrogen and oxygen atoms in total. The quantitative estimate of drug-likeness (QED) is 0.824. The van der Waals surface area contributed by atoms with Crippen LogP contribution in [0.5, 0.6) is 5.75 Å². The SMILES string of the molecule is NC(=S)c1ccc(Nc2ccccc2OC(F)F)cc1F. The molecule has 0 aliphatic carbocycles. The summed E-state index contributed by atoms with van der Waals surface area (Å²) in [5, 5.41) is 2.80. The van der Waals surface area contributed by atoms with Gasteiger partial charge in [-0.3, -0.25) is 0 Å². The Labute approximate surface area is 124 Å². The lowest BCUT2D eigenvalue weighted by Gasteiger charge is -2.13. The molecule has 0 heterocycles. The molecule has 0 aromatic heterocycles. The number of anilines is 2. The molecule has 0 fully saturated rings. The molecule has 2 rings (SSSR count). The molecule has 0 radical (unpaired) electrons. The molecule has 0 saturated carbocycles. The molecular formula is C14H11F3N2OS. The van der Waals surface area contributed by atoms with E-state index in [-0.39, 0.29) is 16.3 Å². The predicted molar refractivity (Wildman–Crippen MR) is 78.6 cm³/mol. The first-order valence-electron chi connectivity index (χ1n) is 5.87. The number of benzene rings is 2. The van der Waals surface area contributed by atoms with Crippen molar-refractivity contribution in [2.45, 2.75) is 6.61 Å². The minimum absolute atomic E-state index is 0.0358. The molecular weight excluding hydrogens is 301 g/mol. The molecule has 110 valence electrons. The van der Waals surface area contributed by atoms with E-state index in [1.807, 2.05) is 0 Å². The molecule has 0 unspecified atom stereocenters. The zero-order valence-electron chi connectivity index (χ0n) is 10.6. The van der Waals surface area contributed by atoms with Crippen LogP contribution in [0.3, 0.4) is 0 Å². The van der Waals surface area contributed by atoms with Crippen molar-refractivity contribution in [2.24, 2.45) is 5.73 Å². The standard InChI is InChI=1S/C14H11F3N2OS/c15-10-7-8(5-6-9(10)13(18)21)19-11-3-1-2-4-12(11)20-14(16)17/h1-7,14,19H,(H2,18,21). The molecule has 21 heavy (non-hydrogen) atoms. The molecule has 0 atom stereocenters. The number of hydrogen-bond acceptors (Lipinski definition) is 3. The van der Waals surface area contributed by atoms with Crippen LogP contribution in [0, 0.1) is 5.82 Å². The highest BCUT2D eigenvalue weighted by Gasteiger charge is 2.11. The average Bonchev–Trinajstić information content (AvgIpc) is 2.40. The van der Waals surface area contributed by atoms with Crippen LogP contribution in [0.4, 0.5) is 24.5 Å². The topological polar surface area (TPSA) is 47.3 Å². The van der Waals surface area contributed by atoms with Crippen molar-refractivity contribution in [3.63, 3.8) is 0 Å². The van der Waals surface area contributed by atoms with Crippen molar-refractivity contribution < 1.29 is 17.9 Å². The van der Waals surface area contributed by atoms with Crippen LogP contribution in [-0.4, -0.2) is 11.6 Å². The minimum atomic E-state index is -2.94. The van der Waals surface area contributed by atoms with E-state index in [0.29, 0.717) is 11.4 Å². The Hall–Kier alpha value is -2.28. The van der Waals surface area contributed by atoms with Gasteiger partial charge in [-0.2, -0.15) is 8.78 Å². The average molecular weight is 312 g/mol. The van der Waals surface area contributed by atoms with Gasteiger partial charge in [0.05, 0.1) is 5.69 Å². The van der Waals surface area contributed by atoms with Crippen LogP contribution in [-0.2, 0) is 0 Å². The van der Waals surface area contributed by atoms with E-state index in [4.69, 9.17) is 18.0 Å². The van der Waals surface area contributed by atoms with Gasteiger partial charge in [0.25, 0.3) is 0 Å². The highest BCUT2D eigenvalue weighted by Crippen LogP contribution is 2.29. The summed E-state index contributed by atoms with van der Waals surface area (Å²) in [5.74, 6) is -0.633. The molecule has 0 saturated heterocycles. The Morgan fingerprint density at radius 3 is 2.52 bits per heavy atom. The number of nitrogens with one attached hydrogen (secondary N) is 1. The third-order valence-electron chi connectivity index (χ3n) is 2.62. The highest BCUT2D eigenvalue weighted by molar-refractivity contribution is 7.80. The second-order valence-electron chi connectivity index (χ2n) is 4.06. The van der Waals surface area contributed by atoms with Gasteiger partial charge in [0.15, 0.2) is 0 Å². The van der Waals surface area contributed by atoms with Gasteiger partial charge in [0.1, 0.15) is 16.6 Å². The lowest BCUT2D eigenvalue weighted by Crippen LogP contribution is -2.11. The molecule has 2 aromatic carbocycles. The van der Waals surface area contributed by atoms with Crippen LogP contribution in [0.15, 0.2) is 42.5 Å². The van der Waals surface area contributed by atoms with Crippen molar-refractivity contribution >= 4 is 28.6 Å². The summed E-state index contributed by atoms with van der Waals surface area (Å²) in [6, 6.07) is 10.2. The largest absolute Gasteiger partial charge is 0.433 e.